The minimum absolute atomic E-state index is 0.171. The number of nitrogens with one attached hydrogen (secondary N) is 3. The monoisotopic (exact) mass is 406 g/mol. The number of unbranched alkanes of at least 4 members (excludes halogenated alkanes) is 1. The molecule has 0 radical (unpaired) electrons. The lowest BCUT2D eigenvalue weighted by molar-refractivity contribution is 0.144. The normalized spacial score (nSPS) is 10.8. The number of allylic oxidation sites excluding steroid dienone is 1. The number of hydrogen-bond acceptors (Lipinski definition) is 6. The van der Waals surface area contributed by atoms with Gasteiger partial charge in [0.05, 0.1) is 18.9 Å². The Morgan fingerprint density at radius 2 is 1.76 bits per heavy atom. The van der Waals surface area contributed by atoms with Crippen LogP contribution in [0.1, 0.15) is 25.3 Å². The fraction of sp³-hybridized carbons (Fsp3) is 0.450. The van der Waals surface area contributed by atoms with Crippen molar-refractivity contribution in [2.45, 2.75) is 26.4 Å². The molecule has 9 nitrogen and oxygen atoms in total. The Balaban J connectivity index is 2.32. The molecule has 3 N–H and O–H groups in total. The van der Waals surface area contributed by atoms with Crippen molar-refractivity contribution in [2.24, 2.45) is 4.99 Å². The van der Waals surface area contributed by atoms with E-state index in [9.17, 15) is 9.59 Å². The first-order chi connectivity index (χ1) is 14.0. The van der Waals surface area contributed by atoms with Gasteiger partial charge < -0.3 is 24.8 Å². The highest BCUT2D eigenvalue weighted by atomic mass is 16.6. The fourth-order valence-corrected chi connectivity index (χ4v) is 2.09. The van der Waals surface area contributed by atoms with E-state index in [0.717, 1.165) is 18.4 Å². The van der Waals surface area contributed by atoms with Crippen molar-refractivity contribution in [3.63, 3.8) is 0 Å². The van der Waals surface area contributed by atoms with Crippen LogP contribution in [0.2, 0.25) is 0 Å². The summed E-state index contributed by atoms with van der Waals surface area (Å²) < 4.78 is 15.0. The SMILES string of the molecule is C=C(C)OC(=O)NCCCCN/C(=N\CCOC)NC(=O)OCc1ccccc1. The van der Waals surface area contributed by atoms with E-state index >= 15 is 0 Å². The molecule has 0 atom stereocenters. The summed E-state index contributed by atoms with van der Waals surface area (Å²) in [6.07, 6.45) is 0.358. The lowest BCUT2D eigenvalue weighted by atomic mass is 10.2. The van der Waals surface area contributed by atoms with E-state index < -0.39 is 12.2 Å². The molecular weight excluding hydrogens is 376 g/mol. The van der Waals surface area contributed by atoms with E-state index in [1.807, 2.05) is 30.3 Å². The van der Waals surface area contributed by atoms with Gasteiger partial charge in [-0.25, -0.2) is 9.59 Å². The van der Waals surface area contributed by atoms with E-state index in [2.05, 4.69) is 27.5 Å². The molecule has 0 heterocycles. The standard InChI is InChI=1S/C20H30N4O5/c1-16(2)29-19(25)23-12-8-7-11-21-18(22-13-14-27-3)24-20(26)28-15-17-9-5-4-6-10-17/h4-6,9-10H,1,7-8,11-15H2,2-3H3,(H,23,25)(H2,21,22,24,26). The molecule has 0 aromatic heterocycles. The highest BCUT2D eigenvalue weighted by Gasteiger charge is 2.07. The number of amides is 2. The van der Waals surface area contributed by atoms with Crippen LogP contribution in [0.4, 0.5) is 9.59 Å². The molecule has 0 saturated carbocycles. The van der Waals surface area contributed by atoms with Crippen molar-refractivity contribution < 1.29 is 23.8 Å². The molecule has 29 heavy (non-hydrogen) atoms. The van der Waals surface area contributed by atoms with Gasteiger partial charge in [-0.15, -0.1) is 0 Å². The van der Waals surface area contributed by atoms with Crippen molar-refractivity contribution in [1.29, 1.82) is 0 Å². The number of benzene rings is 1. The number of aliphatic imine (C=N–C) groups is 1. The molecule has 0 saturated heterocycles. The lowest BCUT2D eigenvalue weighted by Crippen LogP contribution is -2.42. The zero-order valence-corrected chi connectivity index (χ0v) is 17.0. The van der Waals surface area contributed by atoms with Gasteiger partial charge in [0.25, 0.3) is 0 Å². The molecule has 0 aliphatic rings. The summed E-state index contributed by atoms with van der Waals surface area (Å²) in [5, 5.41) is 8.27. The van der Waals surface area contributed by atoms with E-state index in [1.165, 1.54) is 0 Å². The Labute approximate surface area is 171 Å². The van der Waals surface area contributed by atoms with Crippen molar-refractivity contribution in [3.8, 4) is 0 Å². The summed E-state index contributed by atoms with van der Waals surface area (Å²) in [6.45, 7) is 7.12. The molecule has 160 valence electrons. The Morgan fingerprint density at radius 3 is 2.41 bits per heavy atom. The fourth-order valence-electron chi connectivity index (χ4n) is 2.09. The van der Waals surface area contributed by atoms with Gasteiger partial charge in [0.1, 0.15) is 6.61 Å². The number of guanidine groups is 1. The number of methoxy groups -OCH3 is 1. The molecular formula is C20H30N4O5. The zero-order chi connectivity index (χ0) is 21.3. The minimum atomic E-state index is -0.596. The van der Waals surface area contributed by atoms with Gasteiger partial charge in [-0.2, -0.15) is 0 Å². The zero-order valence-electron chi connectivity index (χ0n) is 17.0. The van der Waals surface area contributed by atoms with Crippen molar-refractivity contribution >= 4 is 18.1 Å². The lowest BCUT2D eigenvalue weighted by Gasteiger charge is -2.12. The number of alkyl carbamates (subject to hydrolysis) is 2. The van der Waals surface area contributed by atoms with Gasteiger partial charge in [0, 0.05) is 20.2 Å². The number of nitrogens with zero attached hydrogens (tertiary/aromatic N) is 1. The summed E-state index contributed by atoms with van der Waals surface area (Å²) >= 11 is 0. The third kappa shape index (κ3) is 12.9. The van der Waals surface area contributed by atoms with Crippen LogP contribution in [0.3, 0.4) is 0 Å². The molecule has 0 fully saturated rings. The van der Waals surface area contributed by atoms with Crippen molar-refractivity contribution in [1.82, 2.24) is 16.0 Å². The Bertz CT molecular complexity index is 664. The van der Waals surface area contributed by atoms with Crippen LogP contribution in [-0.2, 0) is 20.8 Å². The molecule has 9 heteroatoms. The Kier molecular flexibility index (Phi) is 12.3. The molecule has 0 spiro atoms. The maximum Gasteiger partial charge on any atom is 0.414 e. The minimum Gasteiger partial charge on any atom is -0.444 e. The highest BCUT2D eigenvalue weighted by molar-refractivity contribution is 5.93. The third-order valence-electron chi connectivity index (χ3n) is 3.43. The van der Waals surface area contributed by atoms with Crippen LogP contribution in [0, 0.1) is 0 Å². The second-order valence-corrected chi connectivity index (χ2v) is 6.06. The number of rotatable bonds is 11. The largest absolute Gasteiger partial charge is 0.444 e. The first kappa shape index (κ1) is 24.0. The summed E-state index contributed by atoms with van der Waals surface area (Å²) in [7, 11) is 1.58. The topological polar surface area (TPSA) is 110 Å². The summed E-state index contributed by atoms with van der Waals surface area (Å²) in [4.78, 5) is 27.6. The van der Waals surface area contributed by atoms with Crippen LogP contribution in [0.5, 0.6) is 0 Å². The molecule has 0 aliphatic carbocycles. The second kappa shape index (κ2) is 14.9. The Hall–Kier alpha value is -3.07. The average Bonchev–Trinajstić information content (AvgIpc) is 2.69. The van der Waals surface area contributed by atoms with Gasteiger partial charge in [0.2, 0.25) is 5.96 Å². The maximum absolute atomic E-state index is 12.0. The average molecular weight is 406 g/mol. The smallest absolute Gasteiger partial charge is 0.414 e. The molecule has 1 aromatic rings. The van der Waals surface area contributed by atoms with E-state index in [-0.39, 0.29) is 6.61 Å². The summed E-state index contributed by atoms with van der Waals surface area (Å²) in [5.74, 6) is 0.654. The molecule has 2 amide bonds. The first-order valence-electron chi connectivity index (χ1n) is 9.37. The molecule has 1 rings (SSSR count). The van der Waals surface area contributed by atoms with Gasteiger partial charge >= 0.3 is 12.2 Å². The van der Waals surface area contributed by atoms with Crippen LogP contribution >= 0.6 is 0 Å². The number of carbonyl (C=O) groups excluding carboxylic acids is 2. The first-order valence-corrected chi connectivity index (χ1v) is 9.37. The summed E-state index contributed by atoms with van der Waals surface area (Å²) in [6, 6.07) is 9.40. The van der Waals surface area contributed by atoms with E-state index in [4.69, 9.17) is 14.2 Å². The van der Waals surface area contributed by atoms with Crippen LogP contribution in [0.25, 0.3) is 0 Å². The quantitative estimate of drug-likeness (QED) is 0.225. The van der Waals surface area contributed by atoms with Crippen LogP contribution in [-0.4, -0.2) is 51.5 Å². The predicted molar refractivity (Wildman–Crippen MR) is 110 cm³/mol. The third-order valence-corrected chi connectivity index (χ3v) is 3.43. The molecule has 1 aromatic carbocycles. The molecule has 0 unspecified atom stereocenters. The van der Waals surface area contributed by atoms with E-state index in [0.29, 0.717) is 38.0 Å². The Morgan fingerprint density at radius 1 is 1.07 bits per heavy atom. The number of hydrogen-bond donors (Lipinski definition) is 3. The predicted octanol–water partition coefficient (Wildman–Crippen LogP) is 2.54. The second-order valence-electron chi connectivity index (χ2n) is 6.06. The van der Waals surface area contributed by atoms with Crippen LogP contribution < -0.4 is 16.0 Å². The maximum atomic E-state index is 12.0. The number of ether oxygens (including phenoxy) is 3. The van der Waals surface area contributed by atoms with E-state index in [1.54, 1.807) is 14.0 Å². The summed E-state index contributed by atoms with van der Waals surface area (Å²) in [5.41, 5.74) is 0.895. The number of carbonyl (C=O) groups is 2. The molecule has 0 aliphatic heterocycles. The van der Waals surface area contributed by atoms with Gasteiger partial charge in [0.15, 0.2) is 0 Å². The van der Waals surface area contributed by atoms with Gasteiger partial charge in [-0.3, -0.25) is 10.3 Å². The highest BCUT2D eigenvalue weighted by Crippen LogP contribution is 2.00. The van der Waals surface area contributed by atoms with Gasteiger partial charge in [-0.1, -0.05) is 36.9 Å². The van der Waals surface area contributed by atoms with Crippen molar-refractivity contribution in [2.75, 3.05) is 33.4 Å². The molecule has 0 bridgehead atoms. The van der Waals surface area contributed by atoms with Crippen molar-refractivity contribution in [3.05, 3.63) is 48.2 Å². The van der Waals surface area contributed by atoms with Crippen LogP contribution in [0.15, 0.2) is 47.7 Å². The van der Waals surface area contributed by atoms with Gasteiger partial charge in [-0.05, 0) is 25.3 Å².